The predicted molar refractivity (Wildman–Crippen MR) is 103 cm³/mol. The molecular formula is C21H20N4O. The van der Waals surface area contributed by atoms with E-state index in [0.717, 1.165) is 22.5 Å². The first-order valence-corrected chi connectivity index (χ1v) is 8.56. The molecule has 1 aromatic carbocycles. The topological polar surface area (TPSA) is 74.4 Å². The molecule has 0 unspecified atom stereocenters. The van der Waals surface area contributed by atoms with E-state index < -0.39 is 5.41 Å². The molecule has 130 valence electrons. The third-order valence-corrected chi connectivity index (χ3v) is 4.37. The van der Waals surface area contributed by atoms with Crippen molar-refractivity contribution in [1.82, 2.24) is 19.9 Å². The quantitative estimate of drug-likeness (QED) is 0.522. The highest BCUT2D eigenvalue weighted by Crippen LogP contribution is 2.28. The number of ketones is 1. The zero-order valence-corrected chi connectivity index (χ0v) is 15.0. The summed E-state index contributed by atoms with van der Waals surface area (Å²) in [7, 11) is 0. The second kappa shape index (κ2) is 5.95. The second-order valence-electron chi connectivity index (χ2n) is 7.40. The van der Waals surface area contributed by atoms with Gasteiger partial charge >= 0.3 is 0 Å². The van der Waals surface area contributed by atoms with Gasteiger partial charge in [0.1, 0.15) is 5.52 Å². The maximum Gasteiger partial charge on any atom is 0.171 e. The summed E-state index contributed by atoms with van der Waals surface area (Å²) < 4.78 is 0. The van der Waals surface area contributed by atoms with Gasteiger partial charge in [0.05, 0.1) is 17.5 Å². The van der Waals surface area contributed by atoms with Crippen LogP contribution in [-0.2, 0) is 0 Å². The van der Waals surface area contributed by atoms with E-state index in [2.05, 4.69) is 27.1 Å². The van der Waals surface area contributed by atoms with Gasteiger partial charge in [0.2, 0.25) is 0 Å². The minimum absolute atomic E-state index is 0.0502. The summed E-state index contributed by atoms with van der Waals surface area (Å²) in [6.45, 7) is 5.72. The van der Waals surface area contributed by atoms with Crippen LogP contribution in [0.3, 0.4) is 0 Å². The molecule has 3 aromatic heterocycles. The Bertz CT molecular complexity index is 1080. The molecule has 0 aliphatic carbocycles. The number of Topliss-reactive ketones (excluding diaryl/α,β-unsaturated/α-hetero) is 1. The van der Waals surface area contributed by atoms with Gasteiger partial charge in [-0.25, -0.2) is 9.97 Å². The van der Waals surface area contributed by atoms with E-state index in [1.54, 1.807) is 12.4 Å². The summed E-state index contributed by atoms with van der Waals surface area (Å²) in [4.78, 5) is 28.2. The van der Waals surface area contributed by atoms with Gasteiger partial charge in [0.15, 0.2) is 11.4 Å². The van der Waals surface area contributed by atoms with Crippen LogP contribution in [0.15, 0.2) is 55.0 Å². The van der Waals surface area contributed by atoms with Gasteiger partial charge in [-0.3, -0.25) is 4.79 Å². The van der Waals surface area contributed by atoms with E-state index in [9.17, 15) is 4.79 Å². The molecule has 0 aliphatic rings. The smallest absolute Gasteiger partial charge is 0.171 e. The molecule has 0 aliphatic heterocycles. The number of hydrogen-bond donors (Lipinski definition) is 2. The van der Waals surface area contributed by atoms with Crippen molar-refractivity contribution in [3.05, 3.63) is 60.6 Å². The molecule has 0 atom stereocenters. The number of H-pyrrole nitrogens is 2. The maximum atomic E-state index is 12.7. The fourth-order valence-electron chi connectivity index (χ4n) is 2.93. The summed E-state index contributed by atoms with van der Waals surface area (Å²) in [5.74, 6) is 0.0502. The highest BCUT2D eigenvalue weighted by atomic mass is 16.1. The van der Waals surface area contributed by atoms with Crippen molar-refractivity contribution in [2.45, 2.75) is 20.8 Å². The van der Waals surface area contributed by atoms with Crippen LogP contribution in [0.4, 0.5) is 0 Å². The lowest BCUT2D eigenvalue weighted by Crippen LogP contribution is -2.20. The Morgan fingerprint density at radius 2 is 1.77 bits per heavy atom. The Kier molecular flexibility index (Phi) is 3.72. The van der Waals surface area contributed by atoms with Gasteiger partial charge in [-0.2, -0.15) is 0 Å². The van der Waals surface area contributed by atoms with Crippen molar-refractivity contribution in [3.8, 4) is 22.5 Å². The normalized spacial score (nSPS) is 11.8. The van der Waals surface area contributed by atoms with Crippen molar-refractivity contribution in [2.75, 3.05) is 0 Å². The molecule has 0 saturated carbocycles. The lowest BCUT2D eigenvalue weighted by molar-refractivity contribution is 0.0860. The van der Waals surface area contributed by atoms with Crippen molar-refractivity contribution in [3.63, 3.8) is 0 Å². The molecule has 0 bridgehead atoms. The second-order valence-corrected chi connectivity index (χ2v) is 7.40. The van der Waals surface area contributed by atoms with Crippen molar-refractivity contribution < 1.29 is 4.79 Å². The molecule has 3 heterocycles. The molecule has 0 radical (unpaired) electrons. The number of carbonyl (C=O) groups is 1. The summed E-state index contributed by atoms with van der Waals surface area (Å²) in [5.41, 5.74) is 5.15. The fraction of sp³-hybridized carbons (Fsp3) is 0.190. The first kappa shape index (κ1) is 16.3. The van der Waals surface area contributed by atoms with E-state index in [1.807, 2.05) is 51.2 Å². The monoisotopic (exact) mass is 344 g/mol. The molecule has 5 nitrogen and oxygen atoms in total. The maximum absolute atomic E-state index is 12.7. The number of aromatic amines is 2. The van der Waals surface area contributed by atoms with Crippen LogP contribution in [0.2, 0.25) is 0 Å². The zero-order chi connectivity index (χ0) is 18.3. The molecule has 4 rings (SSSR count). The number of hydrogen-bond acceptors (Lipinski definition) is 3. The molecule has 0 amide bonds. The van der Waals surface area contributed by atoms with E-state index in [-0.39, 0.29) is 5.78 Å². The van der Waals surface area contributed by atoms with Gasteiger partial charge in [-0.05, 0) is 11.6 Å². The number of benzene rings is 1. The van der Waals surface area contributed by atoms with Crippen LogP contribution in [-0.4, -0.2) is 25.7 Å². The van der Waals surface area contributed by atoms with Gasteiger partial charge in [-0.1, -0.05) is 51.1 Å². The largest absolute Gasteiger partial charge is 0.361 e. The predicted octanol–water partition coefficient (Wildman–Crippen LogP) is 4.85. The molecule has 2 N–H and O–H groups in total. The molecule has 5 heteroatoms. The average molecular weight is 344 g/mol. The summed E-state index contributed by atoms with van der Waals surface area (Å²) in [6, 6.07) is 12.2. The van der Waals surface area contributed by atoms with E-state index in [1.165, 1.54) is 0 Å². The van der Waals surface area contributed by atoms with Gasteiger partial charge in [-0.15, -0.1) is 0 Å². The first-order chi connectivity index (χ1) is 12.4. The molecule has 0 saturated heterocycles. The molecule has 0 fully saturated rings. The Balaban J connectivity index is 1.76. The highest BCUT2D eigenvalue weighted by Gasteiger charge is 2.26. The summed E-state index contributed by atoms with van der Waals surface area (Å²) >= 11 is 0. The van der Waals surface area contributed by atoms with Crippen molar-refractivity contribution in [2.24, 2.45) is 5.41 Å². The Labute approximate surface area is 151 Å². The van der Waals surface area contributed by atoms with Gasteiger partial charge in [0, 0.05) is 29.1 Å². The number of nitrogens with zero attached hydrogens (tertiary/aromatic N) is 2. The highest BCUT2D eigenvalue weighted by molar-refractivity contribution is 6.08. The molecule has 26 heavy (non-hydrogen) atoms. The summed E-state index contributed by atoms with van der Waals surface area (Å²) in [6.07, 6.45) is 5.34. The minimum Gasteiger partial charge on any atom is -0.361 e. The fourth-order valence-corrected chi connectivity index (χ4v) is 2.93. The Morgan fingerprint density at radius 3 is 2.50 bits per heavy atom. The zero-order valence-electron chi connectivity index (χ0n) is 15.0. The van der Waals surface area contributed by atoms with Crippen LogP contribution in [0.5, 0.6) is 0 Å². The molecule has 0 spiro atoms. The third kappa shape index (κ3) is 2.81. The van der Waals surface area contributed by atoms with E-state index in [0.29, 0.717) is 16.7 Å². The van der Waals surface area contributed by atoms with Crippen molar-refractivity contribution in [1.29, 1.82) is 0 Å². The van der Waals surface area contributed by atoms with E-state index >= 15 is 0 Å². The Hall–Kier alpha value is -3.21. The van der Waals surface area contributed by atoms with Crippen molar-refractivity contribution >= 4 is 16.9 Å². The van der Waals surface area contributed by atoms with Crippen LogP contribution in [0.1, 0.15) is 31.1 Å². The van der Waals surface area contributed by atoms with Crippen LogP contribution in [0, 0.1) is 5.41 Å². The molecule has 4 aromatic rings. The first-order valence-electron chi connectivity index (χ1n) is 8.56. The summed E-state index contributed by atoms with van der Waals surface area (Å²) in [5, 5.41) is 0. The number of rotatable bonds is 3. The van der Waals surface area contributed by atoms with Gasteiger partial charge < -0.3 is 9.97 Å². The lowest BCUT2D eigenvalue weighted by Gasteiger charge is -2.15. The Morgan fingerprint density at radius 1 is 1.00 bits per heavy atom. The third-order valence-electron chi connectivity index (χ3n) is 4.37. The van der Waals surface area contributed by atoms with Crippen LogP contribution < -0.4 is 0 Å². The number of nitrogens with one attached hydrogen (secondary N) is 2. The number of aromatic nitrogens is 4. The van der Waals surface area contributed by atoms with Gasteiger partial charge in [0.25, 0.3) is 0 Å². The number of fused-ring (bicyclic) bond motifs is 1. The lowest BCUT2D eigenvalue weighted by atomic mass is 9.87. The average Bonchev–Trinajstić information content (AvgIpc) is 3.28. The van der Waals surface area contributed by atoms with E-state index in [4.69, 9.17) is 4.98 Å². The minimum atomic E-state index is -0.471. The standard InChI is InChI=1S/C21H20N4O/c1-21(2,3)19(26)15-11-23-20-18(15)25-17(12-24-20)14-9-16(22-10-14)13-7-5-4-6-8-13/h4-12,22H,1-3H3,(H,23,24). The SMILES string of the molecule is CC(C)(C)C(=O)c1c[nH]c2ncc(-c3c[nH]c(-c4ccccc4)c3)nc12. The van der Waals surface area contributed by atoms with Crippen LogP contribution >= 0.6 is 0 Å². The van der Waals surface area contributed by atoms with Crippen LogP contribution in [0.25, 0.3) is 33.7 Å². The number of carbonyl (C=O) groups excluding carboxylic acids is 1. The molecular weight excluding hydrogens is 324 g/mol.